The molecular formula is C21H24N4O2S. The van der Waals surface area contributed by atoms with Crippen LogP contribution in [0.1, 0.15) is 29.9 Å². The van der Waals surface area contributed by atoms with Gasteiger partial charge in [0.05, 0.1) is 18.9 Å². The SMILES string of the molecule is COc1ccc(Cc2nnc(SCC(=O)N[C@@H](C)c3ccccc3)n2C)cc1. The molecular weight excluding hydrogens is 372 g/mol. The number of nitrogens with one attached hydrogen (secondary N) is 1. The molecule has 0 aliphatic rings. The molecule has 0 bridgehead atoms. The molecule has 0 spiro atoms. The summed E-state index contributed by atoms with van der Waals surface area (Å²) in [6.45, 7) is 1.98. The average Bonchev–Trinajstić information content (AvgIpc) is 3.07. The second-order valence-corrected chi connectivity index (χ2v) is 7.41. The molecule has 0 saturated heterocycles. The second kappa shape index (κ2) is 9.41. The Morgan fingerprint density at radius 2 is 1.86 bits per heavy atom. The zero-order valence-electron chi connectivity index (χ0n) is 16.3. The van der Waals surface area contributed by atoms with E-state index >= 15 is 0 Å². The third-order valence-electron chi connectivity index (χ3n) is 4.46. The third-order valence-corrected chi connectivity index (χ3v) is 5.48. The van der Waals surface area contributed by atoms with Crippen molar-refractivity contribution in [3.63, 3.8) is 0 Å². The molecule has 0 aliphatic heterocycles. The molecule has 1 amide bonds. The Bertz CT molecular complexity index is 910. The summed E-state index contributed by atoms with van der Waals surface area (Å²) in [5, 5.41) is 12.2. The molecule has 7 heteroatoms. The first-order chi connectivity index (χ1) is 13.6. The van der Waals surface area contributed by atoms with Crippen molar-refractivity contribution >= 4 is 17.7 Å². The number of amides is 1. The van der Waals surface area contributed by atoms with Gasteiger partial charge in [-0.15, -0.1) is 10.2 Å². The van der Waals surface area contributed by atoms with Gasteiger partial charge in [-0.2, -0.15) is 0 Å². The lowest BCUT2D eigenvalue weighted by atomic mass is 10.1. The predicted molar refractivity (Wildman–Crippen MR) is 111 cm³/mol. The molecule has 1 heterocycles. The van der Waals surface area contributed by atoms with Crippen LogP contribution in [0.2, 0.25) is 0 Å². The molecule has 0 saturated carbocycles. The van der Waals surface area contributed by atoms with E-state index in [0.29, 0.717) is 12.2 Å². The van der Waals surface area contributed by atoms with Crippen molar-refractivity contribution < 1.29 is 9.53 Å². The lowest BCUT2D eigenvalue weighted by Gasteiger charge is -2.14. The number of methoxy groups -OCH3 is 1. The van der Waals surface area contributed by atoms with Gasteiger partial charge in [-0.05, 0) is 30.2 Å². The molecule has 2 aromatic carbocycles. The highest BCUT2D eigenvalue weighted by Crippen LogP contribution is 2.19. The fourth-order valence-corrected chi connectivity index (χ4v) is 3.53. The van der Waals surface area contributed by atoms with Gasteiger partial charge >= 0.3 is 0 Å². The van der Waals surface area contributed by atoms with Gasteiger partial charge in [0.1, 0.15) is 11.6 Å². The van der Waals surface area contributed by atoms with E-state index in [2.05, 4.69) is 15.5 Å². The molecule has 3 rings (SSSR count). The van der Waals surface area contributed by atoms with Gasteiger partial charge in [-0.3, -0.25) is 4.79 Å². The Morgan fingerprint density at radius 3 is 2.54 bits per heavy atom. The van der Waals surface area contributed by atoms with Crippen molar-refractivity contribution in [1.82, 2.24) is 20.1 Å². The molecule has 3 aromatic rings. The van der Waals surface area contributed by atoms with Crippen molar-refractivity contribution in [2.45, 2.75) is 24.5 Å². The van der Waals surface area contributed by atoms with Gasteiger partial charge in [-0.25, -0.2) is 0 Å². The van der Waals surface area contributed by atoms with Crippen LogP contribution in [0.4, 0.5) is 0 Å². The highest BCUT2D eigenvalue weighted by Gasteiger charge is 2.14. The third kappa shape index (κ3) is 5.13. The summed E-state index contributed by atoms with van der Waals surface area (Å²) in [4.78, 5) is 12.3. The van der Waals surface area contributed by atoms with Crippen molar-refractivity contribution in [2.24, 2.45) is 7.05 Å². The number of nitrogens with zero attached hydrogens (tertiary/aromatic N) is 3. The molecule has 1 atom stereocenters. The minimum atomic E-state index is -0.0283. The molecule has 0 unspecified atom stereocenters. The Morgan fingerprint density at radius 1 is 1.14 bits per heavy atom. The fourth-order valence-electron chi connectivity index (χ4n) is 2.79. The number of hydrogen-bond acceptors (Lipinski definition) is 5. The topological polar surface area (TPSA) is 69.0 Å². The molecule has 146 valence electrons. The summed E-state index contributed by atoms with van der Waals surface area (Å²) in [5.41, 5.74) is 2.21. The van der Waals surface area contributed by atoms with Crippen LogP contribution >= 0.6 is 11.8 Å². The van der Waals surface area contributed by atoms with E-state index in [1.807, 2.05) is 73.1 Å². The molecule has 1 N–H and O–H groups in total. The van der Waals surface area contributed by atoms with Crippen LogP contribution in [0.25, 0.3) is 0 Å². The predicted octanol–water partition coefficient (Wildman–Crippen LogP) is 3.38. The zero-order chi connectivity index (χ0) is 19.9. The Kier molecular flexibility index (Phi) is 6.71. The quantitative estimate of drug-likeness (QED) is 0.591. The van der Waals surface area contributed by atoms with E-state index in [0.717, 1.165) is 27.9 Å². The van der Waals surface area contributed by atoms with E-state index in [4.69, 9.17) is 4.74 Å². The van der Waals surface area contributed by atoms with Crippen LogP contribution in [-0.2, 0) is 18.3 Å². The van der Waals surface area contributed by atoms with Crippen molar-refractivity contribution in [3.8, 4) is 5.75 Å². The number of thioether (sulfide) groups is 1. The summed E-state index contributed by atoms with van der Waals surface area (Å²) >= 11 is 1.39. The molecule has 6 nitrogen and oxygen atoms in total. The second-order valence-electron chi connectivity index (χ2n) is 6.47. The maximum Gasteiger partial charge on any atom is 0.230 e. The lowest BCUT2D eigenvalue weighted by Crippen LogP contribution is -2.28. The first-order valence-electron chi connectivity index (χ1n) is 9.05. The first-order valence-corrected chi connectivity index (χ1v) is 10.0. The number of benzene rings is 2. The first kappa shape index (κ1) is 19.9. The van der Waals surface area contributed by atoms with Crippen LogP contribution in [0, 0.1) is 0 Å². The van der Waals surface area contributed by atoms with Crippen LogP contribution < -0.4 is 10.1 Å². The molecule has 28 heavy (non-hydrogen) atoms. The number of ether oxygens (including phenoxy) is 1. The van der Waals surface area contributed by atoms with E-state index in [9.17, 15) is 4.79 Å². The summed E-state index contributed by atoms with van der Waals surface area (Å²) in [6.07, 6.45) is 0.672. The Labute approximate surface area is 169 Å². The standard InChI is InChI=1S/C21H24N4O2S/c1-15(17-7-5-4-6-8-17)22-20(26)14-28-21-24-23-19(25(21)2)13-16-9-11-18(27-3)12-10-16/h4-12,15H,13-14H2,1-3H3,(H,22,26)/t15-/m0/s1. The summed E-state index contributed by atoms with van der Waals surface area (Å²) < 4.78 is 7.12. The maximum absolute atomic E-state index is 12.3. The van der Waals surface area contributed by atoms with Gasteiger partial charge < -0.3 is 14.6 Å². The van der Waals surface area contributed by atoms with Crippen LogP contribution in [0.15, 0.2) is 59.8 Å². The number of hydrogen-bond donors (Lipinski definition) is 1. The van der Waals surface area contributed by atoms with E-state index in [1.165, 1.54) is 11.8 Å². The maximum atomic E-state index is 12.3. The number of aromatic nitrogens is 3. The van der Waals surface area contributed by atoms with E-state index < -0.39 is 0 Å². The van der Waals surface area contributed by atoms with Gasteiger partial charge in [0, 0.05) is 13.5 Å². The zero-order valence-corrected chi connectivity index (χ0v) is 17.1. The molecule has 0 fully saturated rings. The summed E-state index contributed by atoms with van der Waals surface area (Å²) in [6, 6.07) is 17.8. The average molecular weight is 397 g/mol. The molecule has 0 radical (unpaired) electrons. The highest BCUT2D eigenvalue weighted by molar-refractivity contribution is 7.99. The van der Waals surface area contributed by atoms with Gasteiger partial charge in [-0.1, -0.05) is 54.2 Å². The Balaban J connectivity index is 1.54. The Hall–Kier alpha value is -2.80. The van der Waals surface area contributed by atoms with Crippen molar-refractivity contribution in [3.05, 3.63) is 71.5 Å². The van der Waals surface area contributed by atoms with E-state index in [-0.39, 0.29) is 11.9 Å². The van der Waals surface area contributed by atoms with Gasteiger partial charge in [0.2, 0.25) is 5.91 Å². The largest absolute Gasteiger partial charge is 0.497 e. The van der Waals surface area contributed by atoms with E-state index in [1.54, 1.807) is 7.11 Å². The minimum Gasteiger partial charge on any atom is -0.497 e. The number of rotatable bonds is 8. The molecule has 0 aliphatic carbocycles. The minimum absolute atomic E-state index is 0.0268. The van der Waals surface area contributed by atoms with Crippen LogP contribution in [0.5, 0.6) is 5.75 Å². The van der Waals surface area contributed by atoms with Crippen LogP contribution in [-0.4, -0.2) is 33.5 Å². The smallest absolute Gasteiger partial charge is 0.230 e. The van der Waals surface area contributed by atoms with Crippen molar-refractivity contribution in [2.75, 3.05) is 12.9 Å². The van der Waals surface area contributed by atoms with Crippen LogP contribution in [0.3, 0.4) is 0 Å². The fraction of sp³-hybridized carbons (Fsp3) is 0.286. The summed E-state index contributed by atoms with van der Waals surface area (Å²) in [7, 11) is 3.57. The summed E-state index contributed by atoms with van der Waals surface area (Å²) in [5.74, 6) is 1.95. The monoisotopic (exact) mass is 396 g/mol. The lowest BCUT2D eigenvalue weighted by molar-refractivity contribution is -0.119. The molecule has 1 aromatic heterocycles. The number of carbonyl (C=O) groups is 1. The normalized spacial score (nSPS) is 11.8. The highest BCUT2D eigenvalue weighted by atomic mass is 32.2. The number of carbonyl (C=O) groups excluding carboxylic acids is 1. The van der Waals surface area contributed by atoms with Crippen molar-refractivity contribution in [1.29, 1.82) is 0 Å². The van der Waals surface area contributed by atoms with Gasteiger partial charge in [0.25, 0.3) is 0 Å². The van der Waals surface area contributed by atoms with Gasteiger partial charge in [0.15, 0.2) is 5.16 Å².